The van der Waals surface area contributed by atoms with Crippen molar-refractivity contribution in [3.8, 4) is 0 Å². The third-order valence-corrected chi connectivity index (χ3v) is 5.62. The molecule has 2 N–H and O–H groups in total. The maximum absolute atomic E-state index is 12.1. The first kappa shape index (κ1) is 12.5. The van der Waals surface area contributed by atoms with E-state index in [0.717, 1.165) is 6.42 Å². The van der Waals surface area contributed by atoms with Crippen LogP contribution in [-0.4, -0.2) is 23.7 Å². The Labute approximate surface area is 115 Å². The Morgan fingerprint density at radius 3 is 2.89 bits per heavy atom. The predicted octanol–water partition coefficient (Wildman–Crippen LogP) is 2.54. The third kappa shape index (κ3) is 2.06. The van der Waals surface area contributed by atoms with Crippen molar-refractivity contribution in [2.75, 3.05) is 6.61 Å². The van der Waals surface area contributed by atoms with Gasteiger partial charge in [-0.2, -0.15) is 0 Å². The number of carbonyl (C=O) groups excluding carboxylic acids is 1. The lowest BCUT2D eigenvalue weighted by Gasteiger charge is -2.30. The molecule has 18 heavy (non-hydrogen) atoms. The van der Waals surface area contributed by atoms with E-state index in [0.29, 0.717) is 21.0 Å². The molecular formula is C13H16ClNO2S. The number of thiophene rings is 1. The number of hydrogen-bond donors (Lipinski definition) is 2. The molecule has 1 heterocycles. The molecule has 3 nitrogen and oxygen atoms in total. The number of rotatable bonds is 3. The van der Waals surface area contributed by atoms with Gasteiger partial charge in [-0.3, -0.25) is 4.79 Å². The van der Waals surface area contributed by atoms with E-state index in [-0.39, 0.29) is 24.5 Å². The van der Waals surface area contributed by atoms with Crippen LogP contribution in [0.3, 0.4) is 0 Å². The molecule has 4 unspecified atom stereocenters. The molecule has 0 aromatic carbocycles. The van der Waals surface area contributed by atoms with Gasteiger partial charge in [-0.15, -0.1) is 11.3 Å². The third-order valence-electron chi connectivity index (χ3n) is 4.39. The quantitative estimate of drug-likeness (QED) is 0.897. The fourth-order valence-corrected chi connectivity index (χ4v) is 4.50. The Morgan fingerprint density at radius 2 is 2.22 bits per heavy atom. The first-order chi connectivity index (χ1) is 8.69. The number of aliphatic hydroxyl groups excluding tert-OH is 1. The highest BCUT2D eigenvalue weighted by molar-refractivity contribution is 7.17. The van der Waals surface area contributed by atoms with Crippen molar-refractivity contribution in [1.82, 2.24) is 5.32 Å². The highest BCUT2D eigenvalue weighted by atomic mass is 35.5. The molecule has 3 rings (SSSR count). The van der Waals surface area contributed by atoms with Crippen LogP contribution in [0.5, 0.6) is 0 Å². The number of amides is 1. The van der Waals surface area contributed by atoms with Gasteiger partial charge in [0.15, 0.2) is 0 Å². The van der Waals surface area contributed by atoms with Crippen LogP contribution in [-0.2, 0) is 0 Å². The maximum Gasteiger partial charge on any atom is 0.261 e. The fraction of sp³-hybridized carbons (Fsp3) is 0.615. The molecule has 2 aliphatic carbocycles. The summed E-state index contributed by atoms with van der Waals surface area (Å²) in [6, 6.07) is 3.64. The highest BCUT2D eigenvalue weighted by Crippen LogP contribution is 2.48. The topological polar surface area (TPSA) is 49.3 Å². The fourth-order valence-electron chi connectivity index (χ4n) is 3.56. The molecule has 1 aromatic heterocycles. The van der Waals surface area contributed by atoms with Gasteiger partial charge in [0, 0.05) is 18.6 Å². The van der Waals surface area contributed by atoms with Crippen LogP contribution in [0.2, 0.25) is 4.34 Å². The van der Waals surface area contributed by atoms with E-state index in [1.165, 1.54) is 24.2 Å². The first-order valence-electron chi connectivity index (χ1n) is 6.36. The van der Waals surface area contributed by atoms with Crippen molar-refractivity contribution in [2.45, 2.75) is 25.3 Å². The van der Waals surface area contributed by atoms with Gasteiger partial charge >= 0.3 is 0 Å². The Morgan fingerprint density at radius 1 is 1.44 bits per heavy atom. The van der Waals surface area contributed by atoms with Gasteiger partial charge in [0.2, 0.25) is 0 Å². The molecule has 98 valence electrons. The van der Waals surface area contributed by atoms with E-state index in [9.17, 15) is 9.90 Å². The van der Waals surface area contributed by atoms with Crippen molar-refractivity contribution in [3.05, 3.63) is 21.3 Å². The zero-order valence-corrected chi connectivity index (χ0v) is 11.5. The van der Waals surface area contributed by atoms with Crippen LogP contribution in [0.1, 0.15) is 28.9 Å². The molecule has 2 aliphatic rings. The normalized spacial score (nSPS) is 33.9. The average molecular weight is 286 g/mol. The zero-order chi connectivity index (χ0) is 12.7. The summed E-state index contributed by atoms with van der Waals surface area (Å²) in [5.41, 5.74) is 0. The van der Waals surface area contributed by atoms with E-state index >= 15 is 0 Å². The highest BCUT2D eigenvalue weighted by Gasteiger charge is 2.47. The molecule has 2 fully saturated rings. The second-order valence-electron chi connectivity index (χ2n) is 5.28. The van der Waals surface area contributed by atoms with Crippen molar-refractivity contribution in [1.29, 1.82) is 0 Å². The van der Waals surface area contributed by atoms with E-state index in [1.54, 1.807) is 12.1 Å². The number of nitrogens with one attached hydrogen (secondary N) is 1. The SMILES string of the molecule is O=C(NC1C2CCC(C2)C1CO)c1ccc(Cl)s1. The zero-order valence-electron chi connectivity index (χ0n) is 9.93. The summed E-state index contributed by atoms with van der Waals surface area (Å²) in [7, 11) is 0. The van der Waals surface area contributed by atoms with Gasteiger partial charge in [0.25, 0.3) is 5.91 Å². The average Bonchev–Trinajstić information content (AvgIpc) is 3.03. The van der Waals surface area contributed by atoms with Gasteiger partial charge < -0.3 is 10.4 Å². The van der Waals surface area contributed by atoms with Crippen LogP contribution in [0.15, 0.2) is 12.1 Å². The van der Waals surface area contributed by atoms with Gasteiger partial charge in [-0.1, -0.05) is 11.6 Å². The monoisotopic (exact) mass is 285 g/mol. The molecule has 0 saturated heterocycles. The predicted molar refractivity (Wildman–Crippen MR) is 72.0 cm³/mol. The lowest BCUT2D eigenvalue weighted by Crippen LogP contribution is -2.45. The Bertz CT molecular complexity index is 462. The molecule has 2 bridgehead atoms. The summed E-state index contributed by atoms with van der Waals surface area (Å²) < 4.78 is 0.631. The van der Waals surface area contributed by atoms with E-state index in [1.807, 2.05) is 0 Å². The minimum absolute atomic E-state index is 0.0529. The molecule has 4 atom stereocenters. The van der Waals surface area contributed by atoms with E-state index in [4.69, 9.17) is 11.6 Å². The smallest absolute Gasteiger partial charge is 0.261 e. The lowest BCUT2D eigenvalue weighted by molar-refractivity contribution is 0.0865. The molecule has 0 radical (unpaired) electrons. The standard InChI is InChI=1S/C13H16ClNO2S/c14-11-4-3-10(18-11)13(17)15-12-8-2-1-7(5-8)9(12)6-16/h3-4,7-9,12,16H,1-2,5-6H2,(H,15,17). The van der Waals surface area contributed by atoms with Gasteiger partial charge in [0.05, 0.1) is 9.21 Å². The minimum Gasteiger partial charge on any atom is -0.396 e. The molecule has 0 aliphatic heterocycles. The summed E-state index contributed by atoms with van der Waals surface area (Å²) in [4.78, 5) is 12.8. The van der Waals surface area contributed by atoms with Crippen molar-refractivity contribution >= 4 is 28.8 Å². The van der Waals surface area contributed by atoms with Crippen molar-refractivity contribution < 1.29 is 9.90 Å². The van der Waals surface area contributed by atoms with Gasteiger partial charge in [0.1, 0.15) is 0 Å². The van der Waals surface area contributed by atoms with Crippen LogP contribution in [0.25, 0.3) is 0 Å². The Hall–Kier alpha value is -0.580. The lowest BCUT2D eigenvalue weighted by atomic mass is 9.85. The van der Waals surface area contributed by atoms with Crippen LogP contribution in [0, 0.1) is 17.8 Å². The molecular weight excluding hydrogens is 270 g/mol. The number of carbonyl (C=O) groups is 1. The number of aliphatic hydroxyl groups is 1. The molecule has 2 saturated carbocycles. The minimum atomic E-state index is -0.0529. The van der Waals surface area contributed by atoms with E-state index in [2.05, 4.69) is 5.32 Å². The van der Waals surface area contributed by atoms with Crippen LogP contribution in [0.4, 0.5) is 0 Å². The summed E-state index contributed by atoms with van der Waals surface area (Å²) in [5, 5.41) is 12.6. The molecule has 1 amide bonds. The summed E-state index contributed by atoms with van der Waals surface area (Å²) >= 11 is 7.14. The summed E-state index contributed by atoms with van der Waals surface area (Å²) in [6.07, 6.45) is 3.53. The second kappa shape index (κ2) is 4.83. The summed E-state index contributed by atoms with van der Waals surface area (Å²) in [6.45, 7) is 0.178. The Balaban J connectivity index is 1.71. The number of fused-ring (bicyclic) bond motifs is 2. The van der Waals surface area contributed by atoms with Crippen LogP contribution >= 0.6 is 22.9 Å². The number of hydrogen-bond acceptors (Lipinski definition) is 3. The van der Waals surface area contributed by atoms with Crippen LogP contribution < -0.4 is 5.32 Å². The van der Waals surface area contributed by atoms with Gasteiger partial charge in [-0.05, 0) is 43.2 Å². The van der Waals surface area contributed by atoms with Gasteiger partial charge in [-0.25, -0.2) is 0 Å². The van der Waals surface area contributed by atoms with Crippen molar-refractivity contribution in [2.24, 2.45) is 17.8 Å². The Kier molecular flexibility index (Phi) is 3.34. The first-order valence-corrected chi connectivity index (χ1v) is 7.55. The summed E-state index contributed by atoms with van der Waals surface area (Å²) in [5.74, 6) is 1.33. The molecule has 5 heteroatoms. The van der Waals surface area contributed by atoms with E-state index < -0.39 is 0 Å². The number of halogens is 1. The molecule has 1 aromatic rings. The largest absolute Gasteiger partial charge is 0.396 e. The second-order valence-corrected chi connectivity index (χ2v) is 7.00. The maximum atomic E-state index is 12.1. The molecule has 0 spiro atoms. The van der Waals surface area contributed by atoms with Crippen molar-refractivity contribution in [3.63, 3.8) is 0 Å².